The van der Waals surface area contributed by atoms with E-state index in [1.54, 1.807) is 0 Å². The van der Waals surface area contributed by atoms with Crippen molar-refractivity contribution >= 4 is 5.97 Å². The van der Waals surface area contributed by atoms with Crippen LogP contribution in [0.25, 0.3) is 0 Å². The molecular weight excluding hydrogens is 166 g/mol. The van der Waals surface area contributed by atoms with E-state index in [1.165, 1.54) is 19.3 Å². The highest BCUT2D eigenvalue weighted by Gasteiger charge is 2.24. The van der Waals surface area contributed by atoms with Crippen LogP contribution in [-0.2, 0) is 4.79 Å². The quantitative estimate of drug-likeness (QED) is 0.700. The largest absolute Gasteiger partial charge is 0.481 e. The third kappa shape index (κ3) is 3.35. The van der Waals surface area contributed by atoms with E-state index in [0.29, 0.717) is 12.6 Å². The predicted molar refractivity (Wildman–Crippen MR) is 51.7 cm³/mol. The van der Waals surface area contributed by atoms with Gasteiger partial charge in [0.2, 0.25) is 0 Å². The monoisotopic (exact) mass is 185 g/mol. The molecule has 0 bridgehead atoms. The van der Waals surface area contributed by atoms with Crippen molar-refractivity contribution in [2.24, 2.45) is 5.92 Å². The summed E-state index contributed by atoms with van der Waals surface area (Å²) in [6.45, 7) is 2.84. The fourth-order valence-corrected chi connectivity index (χ4v) is 1.82. The lowest BCUT2D eigenvalue weighted by atomic mass is 9.92. The van der Waals surface area contributed by atoms with Crippen LogP contribution >= 0.6 is 0 Å². The molecule has 0 spiro atoms. The Labute approximate surface area is 79.5 Å². The van der Waals surface area contributed by atoms with Gasteiger partial charge in [0, 0.05) is 12.6 Å². The lowest BCUT2D eigenvalue weighted by Crippen LogP contribution is -2.41. The normalized spacial score (nSPS) is 28.7. The molecule has 1 heterocycles. The summed E-state index contributed by atoms with van der Waals surface area (Å²) >= 11 is 0. The second-order valence-corrected chi connectivity index (χ2v) is 3.86. The zero-order valence-corrected chi connectivity index (χ0v) is 8.25. The minimum Gasteiger partial charge on any atom is -0.481 e. The molecule has 1 rings (SSSR count). The first-order valence-electron chi connectivity index (χ1n) is 5.20. The Balaban J connectivity index is 2.18. The Hall–Kier alpha value is -0.570. The van der Waals surface area contributed by atoms with E-state index in [-0.39, 0.29) is 5.92 Å². The van der Waals surface area contributed by atoms with Gasteiger partial charge in [-0.2, -0.15) is 0 Å². The summed E-state index contributed by atoms with van der Waals surface area (Å²) in [6, 6.07) is 0.565. The zero-order chi connectivity index (χ0) is 9.68. The number of carboxylic acid groups (broad SMARTS) is 1. The molecule has 2 N–H and O–H groups in total. The van der Waals surface area contributed by atoms with Crippen LogP contribution in [0.15, 0.2) is 0 Å². The highest BCUT2D eigenvalue weighted by molar-refractivity contribution is 5.70. The molecular formula is C10H19NO2. The maximum Gasteiger partial charge on any atom is 0.307 e. The zero-order valence-electron chi connectivity index (χ0n) is 8.25. The Morgan fingerprint density at radius 1 is 1.54 bits per heavy atom. The molecule has 0 amide bonds. The summed E-state index contributed by atoms with van der Waals surface area (Å²) in [4.78, 5) is 10.6. The Morgan fingerprint density at radius 3 is 2.77 bits per heavy atom. The third-order valence-corrected chi connectivity index (χ3v) is 2.77. The molecule has 0 aliphatic carbocycles. The van der Waals surface area contributed by atoms with Gasteiger partial charge in [0.25, 0.3) is 0 Å². The molecule has 3 nitrogen and oxygen atoms in total. The number of nitrogens with one attached hydrogen (secondary N) is 1. The van der Waals surface area contributed by atoms with E-state index in [2.05, 4.69) is 12.2 Å². The molecule has 0 aromatic rings. The highest BCUT2D eigenvalue weighted by Crippen LogP contribution is 2.17. The summed E-state index contributed by atoms with van der Waals surface area (Å²) in [6.07, 6.45) is 5.53. The summed E-state index contributed by atoms with van der Waals surface area (Å²) < 4.78 is 0. The van der Waals surface area contributed by atoms with Gasteiger partial charge in [-0.25, -0.2) is 0 Å². The van der Waals surface area contributed by atoms with E-state index >= 15 is 0 Å². The highest BCUT2D eigenvalue weighted by atomic mass is 16.4. The van der Waals surface area contributed by atoms with Crippen molar-refractivity contribution in [1.29, 1.82) is 0 Å². The second kappa shape index (κ2) is 5.22. The average molecular weight is 185 g/mol. The molecule has 0 radical (unpaired) electrons. The minimum atomic E-state index is -0.651. The molecule has 1 aliphatic heterocycles. The first-order valence-corrected chi connectivity index (χ1v) is 5.20. The third-order valence-electron chi connectivity index (χ3n) is 2.77. The second-order valence-electron chi connectivity index (χ2n) is 3.86. The van der Waals surface area contributed by atoms with Crippen molar-refractivity contribution in [3.63, 3.8) is 0 Å². The first-order chi connectivity index (χ1) is 6.24. The van der Waals surface area contributed by atoms with Crippen LogP contribution in [-0.4, -0.2) is 23.7 Å². The topological polar surface area (TPSA) is 49.3 Å². The number of unbranched alkanes of at least 4 members (excludes halogenated alkanes) is 1. The van der Waals surface area contributed by atoms with Gasteiger partial charge >= 0.3 is 5.97 Å². The number of rotatable bonds is 4. The van der Waals surface area contributed by atoms with Gasteiger partial charge in [0.05, 0.1) is 5.92 Å². The van der Waals surface area contributed by atoms with Crippen LogP contribution in [0.4, 0.5) is 0 Å². The lowest BCUT2D eigenvalue weighted by molar-refractivity contribution is -0.142. The number of hydrogen-bond donors (Lipinski definition) is 2. The maximum atomic E-state index is 10.6. The van der Waals surface area contributed by atoms with E-state index < -0.39 is 5.97 Å². The molecule has 76 valence electrons. The van der Waals surface area contributed by atoms with Gasteiger partial charge in [0.15, 0.2) is 0 Å². The van der Waals surface area contributed by atoms with E-state index in [9.17, 15) is 4.79 Å². The van der Waals surface area contributed by atoms with Crippen LogP contribution in [0, 0.1) is 5.92 Å². The molecule has 1 saturated heterocycles. The van der Waals surface area contributed by atoms with E-state index in [1.807, 2.05) is 0 Å². The summed E-state index contributed by atoms with van der Waals surface area (Å²) in [5.41, 5.74) is 0. The van der Waals surface area contributed by atoms with E-state index in [0.717, 1.165) is 12.8 Å². The average Bonchev–Trinajstić information content (AvgIpc) is 2.15. The van der Waals surface area contributed by atoms with Crippen molar-refractivity contribution in [1.82, 2.24) is 5.32 Å². The molecule has 0 aromatic carbocycles. The van der Waals surface area contributed by atoms with Crippen molar-refractivity contribution in [2.45, 2.75) is 45.1 Å². The van der Waals surface area contributed by atoms with Gasteiger partial charge < -0.3 is 10.4 Å². The van der Waals surface area contributed by atoms with Crippen LogP contribution < -0.4 is 5.32 Å². The fraction of sp³-hybridized carbons (Fsp3) is 0.900. The number of carboxylic acids is 1. The SMILES string of the molecule is CCCC[C@@H]1CC[C@@H](C(=O)O)CN1. The van der Waals surface area contributed by atoms with Gasteiger partial charge in [0.1, 0.15) is 0 Å². The van der Waals surface area contributed by atoms with Crippen LogP contribution in [0.1, 0.15) is 39.0 Å². The van der Waals surface area contributed by atoms with E-state index in [4.69, 9.17) is 5.11 Å². The van der Waals surface area contributed by atoms with Crippen LogP contribution in [0.5, 0.6) is 0 Å². The Bertz CT molecular complexity index is 162. The Morgan fingerprint density at radius 2 is 2.31 bits per heavy atom. The van der Waals surface area contributed by atoms with Crippen molar-refractivity contribution in [2.75, 3.05) is 6.54 Å². The number of aliphatic carboxylic acids is 1. The first kappa shape index (κ1) is 10.5. The Kier molecular flexibility index (Phi) is 4.22. The van der Waals surface area contributed by atoms with Crippen molar-refractivity contribution < 1.29 is 9.90 Å². The molecule has 0 saturated carbocycles. The number of carbonyl (C=O) groups is 1. The van der Waals surface area contributed by atoms with Crippen LogP contribution in [0.3, 0.4) is 0 Å². The summed E-state index contributed by atoms with van der Waals surface area (Å²) in [5, 5.41) is 12.1. The van der Waals surface area contributed by atoms with Gasteiger partial charge in [-0.1, -0.05) is 19.8 Å². The molecule has 2 atom stereocenters. The predicted octanol–water partition coefficient (Wildman–Crippen LogP) is 1.63. The molecule has 0 unspecified atom stereocenters. The minimum absolute atomic E-state index is 0.155. The molecule has 0 aromatic heterocycles. The molecule has 3 heteroatoms. The smallest absolute Gasteiger partial charge is 0.307 e. The number of piperidine rings is 1. The van der Waals surface area contributed by atoms with Crippen molar-refractivity contribution in [3.05, 3.63) is 0 Å². The van der Waals surface area contributed by atoms with Crippen LogP contribution in [0.2, 0.25) is 0 Å². The van der Waals surface area contributed by atoms with Crippen molar-refractivity contribution in [3.8, 4) is 0 Å². The summed E-state index contributed by atoms with van der Waals surface area (Å²) in [7, 11) is 0. The number of hydrogen-bond acceptors (Lipinski definition) is 2. The van der Waals surface area contributed by atoms with Gasteiger partial charge in [-0.05, 0) is 19.3 Å². The molecule has 13 heavy (non-hydrogen) atoms. The fourth-order valence-electron chi connectivity index (χ4n) is 1.82. The maximum absolute atomic E-state index is 10.6. The standard InChI is InChI=1S/C10H19NO2/c1-2-3-4-9-6-5-8(7-11-9)10(12)13/h8-9,11H,2-7H2,1H3,(H,12,13)/t8-,9-/m1/s1. The molecule has 1 aliphatic rings. The molecule has 1 fully saturated rings. The van der Waals surface area contributed by atoms with Gasteiger partial charge in [-0.3, -0.25) is 4.79 Å². The van der Waals surface area contributed by atoms with Gasteiger partial charge in [-0.15, -0.1) is 0 Å². The lowest BCUT2D eigenvalue weighted by Gasteiger charge is -2.27. The summed E-state index contributed by atoms with van der Waals surface area (Å²) in [5.74, 6) is -0.806.